The molecular formula is C10H13N3O. The second kappa shape index (κ2) is 4.43. The highest BCUT2D eigenvalue weighted by molar-refractivity contribution is 6.00. The van der Waals surface area contributed by atoms with Gasteiger partial charge in [0, 0.05) is 17.5 Å². The normalized spacial score (nSPS) is 11.1. The fourth-order valence-corrected chi connectivity index (χ4v) is 1.09. The zero-order valence-electron chi connectivity index (χ0n) is 8.00. The molecule has 1 aromatic heterocycles. The van der Waals surface area contributed by atoms with Gasteiger partial charge in [0.05, 0.1) is 0 Å². The van der Waals surface area contributed by atoms with Crippen molar-refractivity contribution in [2.24, 2.45) is 5.84 Å². The molecule has 14 heavy (non-hydrogen) atoms. The topological polar surface area (TPSA) is 70.9 Å². The van der Waals surface area contributed by atoms with Crippen LogP contribution in [0.1, 0.15) is 11.3 Å². The summed E-state index contributed by atoms with van der Waals surface area (Å²) in [7, 11) is 0. The predicted molar refractivity (Wildman–Crippen MR) is 56.0 cm³/mol. The molecule has 1 rings (SSSR count). The molecule has 0 atom stereocenters. The number of amides is 1. The summed E-state index contributed by atoms with van der Waals surface area (Å²) >= 11 is 0. The van der Waals surface area contributed by atoms with Crippen LogP contribution in [0.3, 0.4) is 0 Å². The first-order chi connectivity index (χ1) is 6.67. The molecule has 0 bridgehead atoms. The van der Waals surface area contributed by atoms with Gasteiger partial charge in [-0.25, -0.2) is 5.84 Å². The first-order valence-electron chi connectivity index (χ1n) is 4.17. The molecule has 0 unspecified atom stereocenters. The van der Waals surface area contributed by atoms with Crippen LogP contribution in [0.5, 0.6) is 0 Å². The lowest BCUT2D eigenvalue weighted by atomic mass is 10.1. The lowest BCUT2D eigenvalue weighted by Crippen LogP contribution is -2.30. The Morgan fingerprint density at radius 1 is 1.71 bits per heavy atom. The van der Waals surface area contributed by atoms with Crippen molar-refractivity contribution < 1.29 is 4.79 Å². The van der Waals surface area contributed by atoms with Crippen molar-refractivity contribution in [3.63, 3.8) is 0 Å². The van der Waals surface area contributed by atoms with E-state index in [0.29, 0.717) is 5.57 Å². The largest absolute Gasteiger partial charge is 0.365 e. The molecule has 0 aliphatic heterocycles. The molecule has 0 aromatic carbocycles. The third-order valence-electron chi connectivity index (χ3n) is 1.79. The molecule has 1 amide bonds. The van der Waals surface area contributed by atoms with E-state index < -0.39 is 0 Å². The van der Waals surface area contributed by atoms with E-state index in [-0.39, 0.29) is 5.91 Å². The summed E-state index contributed by atoms with van der Waals surface area (Å²) in [6.07, 6.45) is 4.98. The number of nitrogens with one attached hydrogen (secondary N) is 2. The number of hydrogen-bond acceptors (Lipinski definition) is 2. The molecule has 0 aliphatic rings. The van der Waals surface area contributed by atoms with E-state index in [9.17, 15) is 4.79 Å². The zero-order chi connectivity index (χ0) is 10.6. The minimum absolute atomic E-state index is 0.348. The summed E-state index contributed by atoms with van der Waals surface area (Å²) in [6, 6.07) is 1.92. The summed E-state index contributed by atoms with van der Waals surface area (Å²) in [4.78, 5) is 14.2. The molecule has 0 saturated heterocycles. The second-order valence-electron chi connectivity index (χ2n) is 2.89. The van der Waals surface area contributed by atoms with Crippen LogP contribution >= 0.6 is 0 Å². The van der Waals surface area contributed by atoms with Gasteiger partial charge < -0.3 is 4.98 Å². The number of hydrogen-bond donors (Lipinski definition) is 3. The lowest BCUT2D eigenvalue weighted by Gasteiger charge is -1.98. The van der Waals surface area contributed by atoms with E-state index in [1.807, 2.05) is 19.2 Å². The molecule has 1 heterocycles. The Kier molecular flexibility index (Phi) is 3.25. The van der Waals surface area contributed by atoms with Gasteiger partial charge in [-0.1, -0.05) is 12.7 Å². The van der Waals surface area contributed by atoms with Crippen molar-refractivity contribution in [1.82, 2.24) is 10.4 Å². The Balaban J connectivity index is 2.94. The number of aromatic amines is 1. The number of carbonyl (C=O) groups excluding carboxylic acids is 1. The van der Waals surface area contributed by atoms with Crippen LogP contribution in [-0.2, 0) is 4.79 Å². The molecular weight excluding hydrogens is 178 g/mol. The van der Waals surface area contributed by atoms with Crippen molar-refractivity contribution >= 4 is 12.0 Å². The molecule has 0 spiro atoms. The molecule has 0 saturated carbocycles. The molecule has 0 aliphatic carbocycles. The van der Waals surface area contributed by atoms with Crippen LogP contribution in [0, 0.1) is 6.92 Å². The number of aryl methyl sites for hydroxylation is 1. The number of aromatic nitrogens is 1. The monoisotopic (exact) mass is 191 g/mol. The maximum atomic E-state index is 11.2. The van der Waals surface area contributed by atoms with Crippen LogP contribution in [0.2, 0.25) is 0 Å². The van der Waals surface area contributed by atoms with Gasteiger partial charge in [-0.05, 0) is 24.6 Å². The van der Waals surface area contributed by atoms with E-state index in [2.05, 4.69) is 17.0 Å². The maximum absolute atomic E-state index is 11.2. The molecule has 4 N–H and O–H groups in total. The quantitative estimate of drug-likeness (QED) is 0.218. The average molecular weight is 191 g/mol. The molecule has 1 aromatic rings. The predicted octanol–water partition coefficient (Wildman–Crippen LogP) is 0.882. The maximum Gasteiger partial charge on any atom is 0.265 e. The van der Waals surface area contributed by atoms with Gasteiger partial charge in [0.2, 0.25) is 0 Å². The summed E-state index contributed by atoms with van der Waals surface area (Å²) < 4.78 is 0. The fraction of sp³-hybridized carbons (Fsp3) is 0.100. The van der Waals surface area contributed by atoms with Crippen molar-refractivity contribution in [1.29, 1.82) is 0 Å². The van der Waals surface area contributed by atoms with Crippen LogP contribution in [0.25, 0.3) is 6.08 Å². The van der Waals surface area contributed by atoms with Crippen LogP contribution in [-0.4, -0.2) is 10.9 Å². The summed E-state index contributed by atoms with van der Waals surface area (Å²) in [6.45, 7) is 5.48. The minimum Gasteiger partial charge on any atom is -0.365 e. The van der Waals surface area contributed by atoms with Crippen molar-refractivity contribution in [3.05, 3.63) is 41.7 Å². The summed E-state index contributed by atoms with van der Waals surface area (Å²) in [5, 5.41) is 0. The Morgan fingerprint density at radius 2 is 2.43 bits per heavy atom. The molecule has 74 valence electrons. The van der Waals surface area contributed by atoms with E-state index in [1.165, 1.54) is 6.08 Å². The summed E-state index contributed by atoms with van der Waals surface area (Å²) in [5.74, 6) is 4.66. The van der Waals surface area contributed by atoms with E-state index in [4.69, 9.17) is 5.84 Å². The van der Waals surface area contributed by atoms with Crippen LogP contribution in [0.15, 0.2) is 30.5 Å². The molecule has 4 heteroatoms. The highest BCUT2D eigenvalue weighted by Crippen LogP contribution is 2.08. The van der Waals surface area contributed by atoms with Crippen LogP contribution < -0.4 is 11.3 Å². The third kappa shape index (κ3) is 2.34. The highest BCUT2D eigenvalue weighted by Gasteiger charge is 2.03. The van der Waals surface area contributed by atoms with Gasteiger partial charge in [-0.15, -0.1) is 0 Å². The molecule has 0 radical (unpaired) electrons. The van der Waals surface area contributed by atoms with E-state index >= 15 is 0 Å². The number of carbonyl (C=O) groups is 1. The fourth-order valence-electron chi connectivity index (χ4n) is 1.09. The van der Waals surface area contributed by atoms with E-state index in [0.717, 1.165) is 11.3 Å². The number of hydrazine groups is 1. The average Bonchev–Trinajstić information content (AvgIpc) is 2.59. The summed E-state index contributed by atoms with van der Waals surface area (Å²) in [5.41, 5.74) is 4.44. The van der Waals surface area contributed by atoms with Crippen LogP contribution in [0.4, 0.5) is 0 Å². The molecule has 0 fully saturated rings. The smallest absolute Gasteiger partial charge is 0.265 e. The second-order valence-corrected chi connectivity index (χ2v) is 2.89. The van der Waals surface area contributed by atoms with Gasteiger partial charge in [0.15, 0.2) is 0 Å². The van der Waals surface area contributed by atoms with Gasteiger partial charge in [-0.3, -0.25) is 10.2 Å². The number of H-pyrrole nitrogens is 1. The zero-order valence-corrected chi connectivity index (χ0v) is 8.00. The Bertz CT molecular complexity index is 376. The number of nitrogens with two attached hydrogens (primary N) is 1. The van der Waals surface area contributed by atoms with E-state index in [1.54, 1.807) is 6.08 Å². The number of rotatable bonds is 3. The SMILES string of the molecule is C=C/C(=C\c1c[nH]c(C)c1)C(=O)NN. The van der Waals surface area contributed by atoms with Crippen molar-refractivity contribution in [2.75, 3.05) is 0 Å². The van der Waals surface area contributed by atoms with Gasteiger partial charge in [0.25, 0.3) is 5.91 Å². The minimum atomic E-state index is -0.348. The Labute approximate surface area is 82.5 Å². The molecule has 4 nitrogen and oxygen atoms in total. The van der Waals surface area contributed by atoms with Gasteiger partial charge in [0.1, 0.15) is 0 Å². The lowest BCUT2D eigenvalue weighted by molar-refractivity contribution is -0.117. The third-order valence-corrected chi connectivity index (χ3v) is 1.79. The van der Waals surface area contributed by atoms with Gasteiger partial charge in [-0.2, -0.15) is 0 Å². The Morgan fingerprint density at radius 3 is 2.86 bits per heavy atom. The highest BCUT2D eigenvalue weighted by atomic mass is 16.2. The Hall–Kier alpha value is -1.81. The first kappa shape index (κ1) is 10.3. The standard InChI is InChI=1S/C10H13N3O/c1-3-9(10(14)13-11)5-8-4-7(2)12-6-8/h3-6,12H,1,11H2,2H3,(H,13,14)/b9-5+. The van der Waals surface area contributed by atoms with Gasteiger partial charge >= 0.3 is 0 Å². The van der Waals surface area contributed by atoms with Crippen molar-refractivity contribution in [2.45, 2.75) is 6.92 Å². The van der Waals surface area contributed by atoms with Crippen molar-refractivity contribution in [3.8, 4) is 0 Å². The first-order valence-corrected chi connectivity index (χ1v) is 4.17.